The van der Waals surface area contributed by atoms with E-state index in [9.17, 15) is 14.4 Å². The van der Waals surface area contributed by atoms with E-state index in [0.29, 0.717) is 64.5 Å². The first-order valence-electron chi connectivity index (χ1n) is 13.2. The normalized spacial score (nSPS) is 16.3. The van der Waals surface area contributed by atoms with Crippen LogP contribution in [0.1, 0.15) is 60.3 Å². The highest BCUT2D eigenvalue weighted by Crippen LogP contribution is 2.34. The molecule has 2 saturated heterocycles. The Hall–Kier alpha value is -2.39. The Bertz CT molecular complexity index is 1750. The minimum Gasteiger partial charge on any atom is -0.381 e. The van der Waals surface area contributed by atoms with Gasteiger partial charge in [-0.2, -0.15) is 0 Å². The SMILES string of the molecule is Cc1[nH]c(=O)sc1-c1nc(C2CCOCC2)c(Cl)c(=O)[nH]1.Cc1nc(Cl)sc1-c1nc(C2CCOCC2)c(Cl)c(=O)[nH]1. The molecule has 4 aromatic heterocycles. The molecule has 6 heterocycles. The van der Waals surface area contributed by atoms with Gasteiger partial charge in [0.25, 0.3) is 11.1 Å². The van der Waals surface area contributed by atoms with Gasteiger partial charge in [-0.3, -0.25) is 14.4 Å². The lowest BCUT2D eigenvalue weighted by Crippen LogP contribution is -2.20. The molecule has 0 aromatic carbocycles. The van der Waals surface area contributed by atoms with E-state index in [4.69, 9.17) is 44.3 Å². The number of hydrogen-bond donors (Lipinski definition) is 3. The van der Waals surface area contributed by atoms with Crippen LogP contribution in [0.3, 0.4) is 0 Å². The third-order valence-electron chi connectivity index (χ3n) is 7.02. The van der Waals surface area contributed by atoms with Gasteiger partial charge in [-0.25, -0.2) is 15.0 Å². The average molecular weight is 674 g/mol. The van der Waals surface area contributed by atoms with Crippen molar-refractivity contribution in [2.45, 2.75) is 51.4 Å². The Morgan fingerprint density at radius 2 is 1.17 bits per heavy atom. The van der Waals surface area contributed by atoms with Crippen LogP contribution in [-0.2, 0) is 9.47 Å². The lowest BCUT2D eigenvalue weighted by molar-refractivity contribution is 0.0844. The molecule has 2 fully saturated rings. The summed E-state index contributed by atoms with van der Waals surface area (Å²) < 4.78 is 11.1. The fourth-order valence-corrected chi connectivity index (χ4v) is 7.23. The summed E-state index contributed by atoms with van der Waals surface area (Å²) in [6, 6.07) is 0. The summed E-state index contributed by atoms with van der Waals surface area (Å²) in [6.07, 6.45) is 3.21. The molecule has 0 unspecified atom stereocenters. The van der Waals surface area contributed by atoms with Gasteiger partial charge in [-0.05, 0) is 39.5 Å². The van der Waals surface area contributed by atoms with Crippen molar-refractivity contribution >= 4 is 57.5 Å². The Morgan fingerprint density at radius 1 is 0.690 bits per heavy atom. The number of thiazole rings is 2. The molecule has 2 aliphatic rings. The standard InChI is InChI=1S/C13H13Cl2N3O2S.C13H14ClN3O3S/c1-6-10(21-13(15)16-6)11-17-9(8(14)12(19)18-11)7-2-4-20-5-3-7;1-6-10(21-13(19)15-6)11-16-9(8(14)12(18)17-11)7-2-4-20-5-3-7/h7H,2-5H2,1H3,(H,17,18,19);7H,2-5H2,1H3,(H,15,19)(H,16,17,18). The number of rotatable bonds is 4. The van der Waals surface area contributed by atoms with E-state index in [1.165, 1.54) is 11.3 Å². The van der Waals surface area contributed by atoms with Crippen molar-refractivity contribution in [1.82, 2.24) is 29.9 Å². The number of nitrogens with one attached hydrogen (secondary N) is 3. The maximum atomic E-state index is 12.1. The van der Waals surface area contributed by atoms with Gasteiger partial charge in [0.15, 0.2) is 16.1 Å². The molecule has 42 heavy (non-hydrogen) atoms. The monoisotopic (exact) mass is 672 g/mol. The summed E-state index contributed by atoms with van der Waals surface area (Å²) in [5, 5.41) is 0.296. The molecule has 4 aromatic rings. The molecule has 0 spiro atoms. The van der Waals surface area contributed by atoms with Gasteiger partial charge in [-0.1, -0.05) is 57.5 Å². The molecule has 224 valence electrons. The molecule has 11 nitrogen and oxygen atoms in total. The van der Waals surface area contributed by atoms with E-state index in [2.05, 4.69) is 29.9 Å². The Morgan fingerprint density at radius 3 is 1.57 bits per heavy atom. The first kappa shape index (κ1) is 31.0. The Kier molecular flexibility index (Phi) is 9.98. The molecule has 2 aliphatic heterocycles. The zero-order valence-corrected chi connectivity index (χ0v) is 26.5. The lowest BCUT2D eigenvalue weighted by Gasteiger charge is -2.22. The minimum atomic E-state index is -0.372. The van der Waals surface area contributed by atoms with Crippen molar-refractivity contribution in [3.05, 3.63) is 67.7 Å². The highest BCUT2D eigenvalue weighted by atomic mass is 35.5. The predicted octanol–water partition coefficient (Wildman–Crippen LogP) is 5.45. The smallest absolute Gasteiger partial charge is 0.305 e. The third kappa shape index (κ3) is 6.88. The molecule has 0 radical (unpaired) electrons. The van der Waals surface area contributed by atoms with Gasteiger partial charge < -0.3 is 24.4 Å². The van der Waals surface area contributed by atoms with Crippen LogP contribution in [0, 0.1) is 13.8 Å². The minimum absolute atomic E-state index is 0.114. The van der Waals surface area contributed by atoms with Gasteiger partial charge in [0, 0.05) is 44.0 Å². The molecule has 0 aliphatic carbocycles. The lowest BCUT2D eigenvalue weighted by atomic mass is 9.96. The quantitative estimate of drug-likeness (QED) is 0.259. The summed E-state index contributed by atoms with van der Waals surface area (Å²) in [6.45, 7) is 6.21. The first-order valence-corrected chi connectivity index (χ1v) is 16.0. The van der Waals surface area contributed by atoms with Crippen molar-refractivity contribution in [1.29, 1.82) is 0 Å². The number of halogens is 3. The fraction of sp³-hybridized carbons (Fsp3) is 0.462. The van der Waals surface area contributed by atoms with Crippen LogP contribution in [0.5, 0.6) is 0 Å². The largest absolute Gasteiger partial charge is 0.381 e. The van der Waals surface area contributed by atoms with E-state index in [1.54, 1.807) is 6.92 Å². The number of aryl methyl sites for hydroxylation is 2. The van der Waals surface area contributed by atoms with Crippen LogP contribution in [0.2, 0.25) is 14.5 Å². The summed E-state index contributed by atoms with van der Waals surface area (Å²) in [7, 11) is 0. The number of H-pyrrole nitrogens is 3. The number of aromatic nitrogens is 6. The molecule has 0 saturated carbocycles. The van der Waals surface area contributed by atoms with Gasteiger partial charge >= 0.3 is 4.87 Å². The fourth-order valence-electron chi connectivity index (χ4n) is 4.86. The number of aromatic amines is 3. The van der Waals surface area contributed by atoms with Crippen molar-refractivity contribution in [3.8, 4) is 21.4 Å². The van der Waals surface area contributed by atoms with Crippen LogP contribution < -0.4 is 16.0 Å². The molecular formula is C26H27Cl3N6O5S2. The Labute approximate surface area is 262 Å². The van der Waals surface area contributed by atoms with Gasteiger partial charge in [0.1, 0.15) is 10.0 Å². The highest BCUT2D eigenvalue weighted by Gasteiger charge is 2.25. The van der Waals surface area contributed by atoms with Crippen molar-refractivity contribution < 1.29 is 9.47 Å². The van der Waals surface area contributed by atoms with Gasteiger partial charge in [-0.15, -0.1) is 0 Å². The Balaban J connectivity index is 0.000000168. The van der Waals surface area contributed by atoms with Crippen LogP contribution in [0.15, 0.2) is 14.4 Å². The molecule has 16 heteroatoms. The summed E-state index contributed by atoms with van der Waals surface area (Å²) in [5.41, 5.74) is 1.97. The second kappa shape index (κ2) is 13.5. The van der Waals surface area contributed by atoms with E-state index >= 15 is 0 Å². The van der Waals surface area contributed by atoms with Crippen molar-refractivity contribution in [3.63, 3.8) is 0 Å². The number of nitrogens with zero attached hydrogens (tertiary/aromatic N) is 3. The highest BCUT2D eigenvalue weighted by molar-refractivity contribution is 7.19. The second-order valence-corrected chi connectivity index (χ2v) is 13.2. The van der Waals surface area contributed by atoms with E-state index in [1.807, 2.05) is 6.92 Å². The molecule has 0 bridgehead atoms. The van der Waals surface area contributed by atoms with Crippen LogP contribution in [-0.4, -0.2) is 56.3 Å². The van der Waals surface area contributed by atoms with Gasteiger partial charge in [0.05, 0.1) is 26.8 Å². The zero-order chi connectivity index (χ0) is 30.0. The zero-order valence-electron chi connectivity index (χ0n) is 22.6. The van der Waals surface area contributed by atoms with E-state index < -0.39 is 0 Å². The molecule has 0 atom stereocenters. The summed E-state index contributed by atoms with van der Waals surface area (Å²) in [4.78, 5) is 58.1. The third-order valence-corrected chi connectivity index (χ3v) is 10.0. The van der Waals surface area contributed by atoms with E-state index in [0.717, 1.165) is 47.6 Å². The average Bonchev–Trinajstić information content (AvgIpc) is 3.51. The van der Waals surface area contributed by atoms with Crippen molar-refractivity contribution in [2.75, 3.05) is 26.4 Å². The maximum absolute atomic E-state index is 12.1. The molecule has 3 N–H and O–H groups in total. The first-order chi connectivity index (χ1) is 20.1. The molecule has 0 amide bonds. The van der Waals surface area contributed by atoms with Crippen molar-refractivity contribution in [2.24, 2.45) is 0 Å². The molecular weight excluding hydrogens is 647 g/mol. The number of hydrogen-bond acceptors (Lipinski definition) is 10. The summed E-state index contributed by atoms with van der Waals surface area (Å²) in [5.74, 6) is 1.14. The number of ether oxygens (including phenoxy) is 2. The van der Waals surface area contributed by atoms with Crippen LogP contribution in [0.4, 0.5) is 0 Å². The van der Waals surface area contributed by atoms with E-state index in [-0.39, 0.29) is 37.9 Å². The molecule has 6 rings (SSSR count). The maximum Gasteiger partial charge on any atom is 0.305 e. The topological polar surface area (TPSA) is 156 Å². The second-order valence-electron chi connectivity index (χ2n) is 9.85. The predicted molar refractivity (Wildman–Crippen MR) is 165 cm³/mol. The van der Waals surface area contributed by atoms with Crippen LogP contribution >= 0.6 is 57.5 Å². The summed E-state index contributed by atoms with van der Waals surface area (Å²) >= 11 is 20.5. The van der Waals surface area contributed by atoms with Gasteiger partial charge in [0.2, 0.25) is 0 Å². The van der Waals surface area contributed by atoms with Crippen LogP contribution in [0.25, 0.3) is 21.4 Å².